The molecule has 3 rings (SSSR count). The molecule has 0 amide bonds. The molecule has 1 unspecified atom stereocenters. The molecule has 1 aliphatic heterocycles. The van der Waals surface area contributed by atoms with Gasteiger partial charge in [-0.05, 0) is 24.1 Å². The molecule has 0 aliphatic carbocycles. The van der Waals surface area contributed by atoms with Crippen LogP contribution in [0.15, 0.2) is 48.7 Å². The van der Waals surface area contributed by atoms with E-state index >= 15 is 0 Å². The molecule has 1 fully saturated rings. The highest BCUT2D eigenvalue weighted by molar-refractivity contribution is 5.14. The third kappa shape index (κ3) is 3.46. The Morgan fingerprint density at radius 2 is 2.05 bits per heavy atom. The summed E-state index contributed by atoms with van der Waals surface area (Å²) < 4.78 is 0. The minimum atomic E-state index is 0.618. The Bertz CT molecular complexity index is 478. The molecule has 3 heteroatoms. The van der Waals surface area contributed by atoms with E-state index in [0.29, 0.717) is 6.04 Å². The van der Waals surface area contributed by atoms with E-state index < -0.39 is 0 Å². The summed E-state index contributed by atoms with van der Waals surface area (Å²) in [4.78, 5) is 5.77. The number of nitrogens with zero attached hydrogens (tertiary/aromatic N) is 1. The van der Waals surface area contributed by atoms with Gasteiger partial charge in [-0.1, -0.05) is 30.3 Å². The van der Waals surface area contributed by atoms with Gasteiger partial charge in [0.05, 0.1) is 0 Å². The average Bonchev–Trinajstić information content (AvgIpc) is 3.09. The summed E-state index contributed by atoms with van der Waals surface area (Å²) in [5, 5.41) is 3.63. The number of aromatic amines is 1. The third-order valence-corrected chi connectivity index (χ3v) is 3.76. The number of benzene rings is 1. The van der Waals surface area contributed by atoms with Crippen molar-refractivity contribution in [2.24, 2.45) is 0 Å². The van der Waals surface area contributed by atoms with Crippen molar-refractivity contribution in [3.8, 4) is 0 Å². The Kier molecular flexibility index (Phi) is 3.96. The van der Waals surface area contributed by atoms with Gasteiger partial charge in [-0.15, -0.1) is 0 Å². The number of hydrogen-bond acceptors (Lipinski definition) is 2. The molecule has 0 bridgehead atoms. The van der Waals surface area contributed by atoms with Crippen LogP contribution in [-0.4, -0.2) is 29.0 Å². The second-order valence-corrected chi connectivity index (χ2v) is 5.28. The summed E-state index contributed by atoms with van der Waals surface area (Å²) in [6.07, 6.45) is 3.22. The maximum atomic E-state index is 3.63. The van der Waals surface area contributed by atoms with Gasteiger partial charge in [-0.25, -0.2) is 0 Å². The lowest BCUT2D eigenvalue weighted by Crippen LogP contribution is -2.32. The first kappa shape index (κ1) is 12.5. The van der Waals surface area contributed by atoms with E-state index in [9.17, 15) is 0 Å². The van der Waals surface area contributed by atoms with E-state index in [1.165, 1.54) is 24.2 Å². The normalized spacial score (nSPS) is 19.9. The van der Waals surface area contributed by atoms with Gasteiger partial charge in [0.15, 0.2) is 0 Å². The van der Waals surface area contributed by atoms with E-state index in [4.69, 9.17) is 0 Å². The van der Waals surface area contributed by atoms with Crippen molar-refractivity contribution >= 4 is 0 Å². The van der Waals surface area contributed by atoms with Crippen LogP contribution in [0.3, 0.4) is 0 Å². The number of hydrogen-bond donors (Lipinski definition) is 2. The van der Waals surface area contributed by atoms with Crippen molar-refractivity contribution < 1.29 is 0 Å². The number of aromatic nitrogens is 1. The standard InChI is InChI=1S/C16H21N3/c1-2-5-14(6-3-1)12-19-10-8-16(13-19)18-11-15-7-4-9-17-15/h1-7,9,16-18H,8,10-13H2. The summed E-state index contributed by atoms with van der Waals surface area (Å²) in [6, 6.07) is 15.5. The lowest BCUT2D eigenvalue weighted by molar-refractivity contribution is 0.320. The maximum Gasteiger partial charge on any atom is 0.0360 e. The lowest BCUT2D eigenvalue weighted by atomic mass is 10.2. The van der Waals surface area contributed by atoms with Crippen LogP contribution in [0.1, 0.15) is 17.7 Å². The summed E-state index contributed by atoms with van der Waals surface area (Å²) in [7, 11) is 0. The molecule has 0 spiro atoms. The van der Waals surface area contributed by atoms with E-state index in [0.717, 1.165) is 19.6 Å². The van der Waals surface area contributed by atoms with Gasteiger partial charge in [0.1, 0.15) is 0 Å². The van der Waals surface area contributed by atoms with Crippen molar-refractivity contribution in [2.75, 3.05) is 13.1 Å². The molecule has 0 saturated carbocycles. The molecule has 1 aromatic heterocycles. The van der Waals surface area contributed by atoms with Crippen LogP contribution in [0.4, 0.5) is 0 Å². The highest BCUT2D eigenvalue weighted by Crippen LogP contribution is 2.13. The predicted octanol–water partition coefficient (Wildman–Crippen LogP) is 2.38. The molecule has 1 atom stereocenters. The van der Waals surface area contributed by atoms with Crippen LogP contribution in [0, 0.1) is 0 Å². The van der Waals surface area contributed by atoms with Crippen LogP contribution in [0.2, 0.25) is 0 Å². The molecule has 1 aromatic carbocycles. The SMILES string of the molecule is c1ccc(CN2CCC(NCc3ccc[nH]3)C2)cc1. The number of H-pyrrole nitrogens is 1. The van der Waals surface area contributed by atoms with Crippen LogP contribution < -0.4 is 5.32 Å². The molecule has 100 valence electrons. The molecule has 1 saturated heterocycles. The first-order valence-electron chi connectivity index (χ1n) is 7.02. The Balaban J connectivity index is 1.45. The smallest absolute Gasteiger partial charge is 0.0360 e. The predicted molar refractivity (Wildman–Crippen MR) is 77.8 cm³/mol. The molecular weight excluding hydrogens is 234 g/mol. The summed E-state index contributed by atoms with van der Waals surface area (Å²) in [6.45, 7) is 4.35. The minimum absolute atomic E-state index is 0.618. The molecule has 0 radical (unpaired) electrons. The molecule has 2 aromatic rings. The van der Waals surface area contributed by atoms with Crippen LogP contribution >= 0.6 is 0 Å². The van der Waals surface area contributed by atoms with E-state index in [2.05, 4.69) is 51.6 Å². The number of rotatable bonds is 5. The average molecular weight is 255 g/mol. The van der Waals surface area contributed by atoms with Gasteiger partial charge in [0, 0.05) is 44.1 Å². The molecule has 19 heavy (non-hydrogen) atoms. The molecule has 2 N–H and O–H groups in total. The largest absolute Gasteiger partial charge is 0.364 e. The topological polar surface area (TPSA) is 31.1 Å². The van der Waals surface area contributed by atoms with Crippen LogP contribution in [0.25, 0.3) is 0 Å². The fourth-order valence-electron chi connectivity index (χ4n) is 2.72. The molecular formula is C16H21N3. The van der Waals surface area contributed by atoms with Gasteiger partial charge >= 0.3 is 0 Å². The Morgan fingerprint density at radius 3 is 2.84 bits per heavy atom. The highest BCUT2D eigenvalue weighted by atomic mass is 15.2. The van der Waals surface area contributed by atoms with Crippen LogP contribution in [0.5, 0.6) is 0 Å². The van der Waals surface area contributed by atoms with Gasteiger partial charge in [-0.3, -0.25) is 4.90 Å². The zero-order valence-electron chi connectivity index (χ0n) is 11.2. The first-order valence-corrected chi connectivity index (χ1v) is 7.02. The molecule has 1 aliphatic rings. The second kappa shape index (κ2) is 6.04. The summed E-state index contributed by atoms with van der Waals surface area (Å²) >= 11 is 0. The zero-order chi connectivity index (χ0) is 12.9. The summed E-state index contributed by atoms with van der Waals surface area (Å²) in [5.41, 5.74) is 2.68. The van der Waals surface area contributed by atoms with Crippen molar-refractivity contribution in [1.82, 2.24) is 15.2 Å². The number of nitrogens with one attached hydrogen (secondary N) is 2. The Hall–Kier alpha value is -1.58. The van der Waals surface area contributed by atoms with Crippen molar-refractivity contribution in [1.29, 1.82) is 0 Å². The van der Waals surface area contributed by atoms with Gasteiger partial charge < -0.3 is 10.3 Å². The van der Waals surface area contributed by atoms with E-state index in [1.807, 2.05) is 12.3 Å². The summed E-state index contributed by atoms with van der Waals surface area (Å²) in [5.74, 6) is 0. The van der Waals surface area contributed by atoms with E-state index in [-0.39, 0.29) is 0 Å². The van der Waals surface area contributed by atoms with Crippen molar-refractivity contribution in [3.63, 3.8) is 0 Å². The fourth-order valence-corrected chi connectivity index (χ4v) is 2.72. The van der Waals surface area contributed by atoms with Crippen LogP contribution in [-0.2, 0) is 13.1 Å². The number of likely N-dealkylation sites (tertiary alicyclic amines) is 1. The highest BCUT2D eigenvalue weighted by Gasteiger charge is 2.21. The van der Waals surface area contributed by atoms with Gasteiger partial charge in [0.2, 0.25) is 0 Å². The van der Waals surface area contributed by atoms with Crippen molar-refractivity contribution in [3.05, 3.63) is 59.9 Å². The second-order valence-electron chi connectivity index (χ2n) is 5.28. The quantitative estimate of drug-likeness (QED) is 0.859. The van der Waals surface area contributed by atoms with E-state index in [1.54, 1.807) is 0 Å². The molecule has 2 heterocycles. The first-order chi connectivity index (χ1) is 9.40. The van der Waals surface area contributed by atoms with Gasteiger partial charge in [-0.2, -0.15) is 0 Å². The van der Waals surface area contributed by atoms with Gasteiger partial charge in [0.25, 0.3) is 0 Å². The third-order valence-electron chi connectivity index (χ3n) is 3.76. The Labute approximate surface area is 114 Å². The zero-order valence-corrected chi connectivity index (χ0v) is 11.2. The molecule has 3 nitrogen and oxygen atoms in total. The minimum Gasteiger partial charge on any atom is -0.364 e. The van der Waals surface area contributed by atoms with Crippen molar-refractivity contribution in [2.45, 2.75) is 25.6 Å². The maximum absolute atomic E-state index is 3.63. The lowest BCUT2D eigenvalue weighted by Gasteiger charge is -2.16. The Morgan fingerprint density at radius 1 is 1.16 bits per heavy atom. The fraction of sp³-hybridized carbons (Fsp3) is 0.375. The monoisotopic (exact) mass is 255 g/mol.